The molecule has 1 rings (SSSR count). The first-order chi connectivity index (χ1) is 3.30. The van der Waals surface area contributed by atoms with Gasteiger partial charge in [0, 0.05) is 0 Å². The van der Waals surface area contributed by atoms with Crippen molar-refractivity contribution >= 4 is 12.6 Å². The molecule has 0 fully saturated rings. The van der Waals surface area contributed by atoms with Crippen LogP contribution in [0.3, 0.4) is 0 Å². The van der Waals surface area contributed by atoms with Crippen molar-refractivity contribution in [2.75, 3.05) is 0 Å². The predicted molar refractivity (Wildman–Crippen MR) is 28.5 cm³/mol. The molecule has 0 spiro atoms. The summed E-state index contributed by atoms with van der Waals surface area (Å²) in [5, 5.41) is 3.56. The van der Waals surface area contributed by atoms with Crippen LogP contribution in [0.2, 0.25) is 0 Å². The van der Waals surface area contributed by atoms with Crippen LogP contribution in [0, 0.1) is 6.92 Å². The lowest BCUT2D eigenvalue weighted by atomic mass is 10.5. The lowest BCUT2D eigenvalue weighted by Gasteiger charge is -1.73. The van der Waals surface area contributed by atoms with Gasteiger partial charge < -0.3 is 4.52 Å². The van der Waals surface area contributed by atoms with Crippen molar-refractivity contribution in [3.8, 4) is 0 Å². The van der Waals surface area contributed by atoms with Gasteiger partial charge in [0.25, 0.3) is 0 Å². The summed E-state index contributed by atoms with van der Waals surface area (Å²) in [5.41, 5.74) is 0.836. The normalized spacial score (nSPS) is 9.43. The van der Waals surface area contributed by atoms with Crippen molar-refractivity contribution in [1.82, 2.24) is 5.16 Å². The van der Waals surface area contributed by atoms with Crippen LogP contribution >= 0.6 is 12.6 Å². The molecule has 0 aliphatic rings. The van der Waals surface area contributed by atoms with Gasteiger partial charge >= 0.3 is 0 Å². The van der Waals surface area contributed by atoms with E-state index in [1.807, 2.05) is 6.92 Å². The van der Waals surface area contributed by atoms with E-state index in [0.717, 1.165) is 10.6 Å². The quantitative estimate of drug-likeness (QED) is 0.515. The number of aromatic nitrogens is 1. The molecule has 0 radical (unpaired) electrons. The Balaban J connectivity index is 3.12. The fourth-order valence-electron chi connectivity index (χ4n) is 0.287. The maximum absolute atomic E-state index is 4.52. The maximum Gasteiger partial charge on any atom is 0.137 e. The Morgan fingerprint density at radius 1 is 1.86 bits per heavy atom. The molecule has 0 atom stereocenters. The third-order valence-electron chi connectivity index (χ3n) is 0.725. The molecule has 0 N–H and O–H groups in total. The van der Waals surface area contributed by atoms with Crippen LogP contribution in [-0.2, 0) is 0 Å². The lowest BCUT2D eigenvalue weighted by molar-refractivity contribution is 0.413. The van der Waals surface area contributed by atoms with E-state index < -0.39 is 0 Å². The highest BCUT2D eigenvalue weighted by Crippen LogP contribution is 2.07. The highest BCUT2D eigenvalue weighted by molar-refractivity contribution is 7.80. The Kier molecular flexibility index (Phi) is 1.06. The third kappa shape index (κ3) is 0.771. The number of hydrogen-bond acceptors (Lipinski definition) is 3. The molecular formula is C4H5NOS. The summed E-state index contributed by atoms with van der Waals surface area (Å²) in [7, 11) is 0. The smallest absolute Gasteiger partial charge is 0.137 e. The molecule has 0 bridgehead atoms. The number of hydrogen-bond donors (Lipinski definition) is 1. The van der Waals surface area contributed by atoms with Gasteiger partial charge in [0.1, 0.15) is 6.26 Å². The molecule has 0 aliphatic carbocycles. The van der Waals surface area contributed by atoms with Crippen LogP contribution in [-0.4, -0.2) is 5.16 Å². The summed E-state index contributed by atoms with van der Waals surface area (Å²) in [6, 6.07) is 0. The molecule has 1 aromatic rings. The molecule has 38 valence electrons. The minimum Gasteiger partial charge on any atom is -0.363 e. The second-order valence-corrected chi connectivity index (χ2v) is 1.77. The van der Waals surface area contributed by atoms with Crippen LogP contribution in [0.5, 0.6) is 0 Å². The fraction of sp³-hybridized carbons (Fsp3) is 0.250. The van der Waals surface area contributed by atoms with Gasteiger partial charge in [0.15, 0.2) is 0 Å². The zero-order valence-corrected chi connectivity index (χ0v) is 4.77. The van der Waals surface area contributed by atoms with E-state index in [2.05, 4.69) is 22.3 Å². The molecular weight excluding hydrogens is 110 g/mol. The van der Waals surface area contributed by atoms with E-state index in [-0.39, 0.29) is 0 Å². The van der Waals surface area contributed by atoms with Crippen LogP contribution in [0.25, 0.3) is 0 Å². The topological polar surface area (TPSA) is 26.0 Å². The molecule has 0 amide bonds. The van der Waals surface area contributed by atoms with Crippen molar-refractivity contribution in [3.05, 3.63) is 12.0 Å². The van der Waals surface area contributed by atoms with E-state index in [1.54, 1.807) is 0 Å². The standard InChI is InChI=1S/C4H5NOS/c1-3-4(7)2-6-5-3/h2,7H,1H3. The molecule has 1 aromatic heterocycles. The monoisotopic (exact) mass is 115 g/mol. The van der Waals surface area contributed by atoms with Crippen LogP contribution < -0.4 is 0 Å². The summed E-state index contributed by atoms with van der Waals surface area (Å²) in [6.45, 7) is 1.84. The SMILES string of the molecule is Cc1nocc1S. The molecule has 1 heterocycles. The zero-order chi connectivity index (χ0) is 5.28. The Morgan fingerprint density at radius 3 is 2.71 bits per heavy atom. The maximum atomic E-state index is 4.52. The third-order valence-corrected chi connectivity index (χ3v) is 1.15. The molecule has 7 heavy (non-hydrogen) atoms. The Hall–Kier alpha value is -0.440. The first kappa shape index (κ1) is 4.71. The molecule has 2 nitrogen and oxygen atoms in total. The van der Waals surface area contributed by atoms with Crippen molar-refractivity contribution in [1.29, 1.82) is 0 Å². The van der Waals surface area contributed by atoms with Gasteiger partial charge in [-0.1, -0.05) is 5.16 Å². The van der Waals surface area contributed by atoms with Crippen molar-refractivity contribution in [2.45, 2.75) is 11.8 Å². The largest absolute Gasteiger partial charge is 0.363 e. The van der Waals surface area contributed by atoms with Gasteiger partial charge in [-0.15, -0.1) is 12.6 Å². The minimum atomic E-state index is 0.806. The summed E-state index contributed by atoms with van der Waals surface area (Å²) in [4.78, 5) is 0.806. The van der Waals surface area contributed by atoms with Crippen LogP contribution in [0.4, 0.5) is 0 Å². The number of rotatable bonds is 0. The first-order valence-corrected chi connectivity index (χ1v) is 2.35. The van der Waals surface area contributed by atoms with Crippen LogP contribution in [0.15, 0.2) is 15.7 Å². The van der Waals surface area contributed by atoms with E-state index in [9.17, 15) is 0 Å². The molecule has 0 aliphatic heterocycles. The van der Waals surface area contributed by atoms with E-state index in [1.165, 1.54) is 6.26 Å². The summed E-state index contributed by atoms with van der Waals surface area (Å²) in [5.74, 6) is 0. The highest BCUT2D eigenvalue weighted by atomic mass is 32.1. The Labute approximate surface area is 46.9 Å². The van der Waals surface area contributed by atoms with E-state index in [0.29, 0.717) is 0 Å². The predicted octanol–water partition coefficient (Wildman–Crippen LogP) is 1.27. The van der Waals surface area contributed by atoms with Gasteiger partial charge in [-0.25, -0.2) is 0 Å². The Morgan fingerprint density at radius 2 is 2.57 bits per heavy atom. The fourth-order valence-corrected chi connectivity index (χ4v) is 0.375. The van der Waals surface area contributed by atoms with Crippen molar-refractivity contribution in [3.63, 3.8) is 0 Å². The lowest BCUT2D eigenvalue weighted by Crippen LogP contribution is -1.65. The summed E-state index contributed by atoms with van der Waals surface area (Å²) >= 11 is 3.99. The van der Waals surface area contributed by atoms with Crippen molar-refractivity contribution < 1.29 is 4.52 Å². The first-order valence-electron chi connectivity index (χ1n) is 1.90. The van der Waals surface area contributed by atoms with Crippen molar-refractivity contribution in [2.24, 2.45) is 0 Å². The summed E-state index contributed by atoms with van der Waals surface area (Å²) in [6.07, 6.45) is 1.50. The number of nitrogens with zero attached hydrogens (tertiary/aromatic N) is 1. The van der Waals surface area contributed by atoms with Gasteiger partial charge in [-0.3, -0.25) is 0 Å². The Bertz CT molecular complexity index is 144. The van der Waals surface area contributed by atoms with Gasteiger partial charge in [-0.2, -0.15) is 0 Å². The highest BCUT2D eigenvalue weighted by Gasteiger charge is 1.92. The van der Waals surface area contributed by atoms with Gasteiger partial charge in [0.05, 0.1) is 10.6 Å². The minimum absolute atomic E-state index is 0.806. The second-order valence-electron chi connectivity index (χ2n) is 1.29. The average Bonchev–Trinajstić information content (AvgIpc) is 1.91. The molecule has 0 unspecified atom stereocenters. The molecule has 0 aromatic carbocycles. The molecule has 0 saturated carbocycles. The van der Waals surface area contributed by atoms with Gasteiger partial charge in [-0.05, 0) is 6.92 Å². The number of thiol groups is 1. The second kappa shape index (κ2) is 1.58. The zero-order valence-electron chi connectivity index (χ0n) is 3.88. The van der Waals surface area contributed by atoms with Gasteiger partial charge in [0.2, 0.25) is 0 Å². The van der Waals surface area contributed by atoms with E-state index in [4.69, 9.17) is 0 Å². The average molecular weight is 115 g/mol. The molecule has 0 saturated heterocycles. The van der Waals surface area contributed by atoms with Crippen LogP contribution in [0.1, 0.15) is 5.69 Å². The summed E-state index contributed by atoms with van der Waals surface area (Å²) < 4.78 is 4.52. The molecule has 3 heteroatoms. The number of aryl methyl sites for hydroxylation is 1. The van der Waals surface area contributed by atoms with E-state index >= 15 is 0 Å².